The average Bonchev–Trinajstić information content (AvgIpc) is 2.31. The maximum absolute atomic E-state index is 5.17. The molecular weight excluding hydrogens is 226 g/mol. The zero-order chi connectivity index (χ0) is 13.5. The summed E-state index contributed by atoms with van der Waals surface area (Å²) < 4.78 is 5.17. The van der Waals surface area contributed by atoms with Crippen LogP contribution in [0.3, 0.4) is 0 Å². The Morgan fingerprint density at radius 2 is 1.72 bits per heavy atom. The van der Waals surface area contributed by atoms with E-state index in [-0.39, 0.29) is 0 Å². The van der Waals surface area contributed by atoms with Gasteiger partial charge in [0.15, 0.2) is 0 Å². The van der Waals surface area contributed by atoms with Crippen molar-refractivity contribution >= 4 is 0 Å². The van der Waals surface area contributed by atoms with Crippen LogP contribution in [-0.4, -0.2) is 75.4 Å². The molecule has 2 unspecified atom stereocenters. The summed E-state index contributed by atoms with van der Waals surface area (Å²) in [6.45, 7) is 13.5. The summed E-state index contributed by atoms with van der Waals surface area (Å²) in [7, 11) is 3.97. The minimum Gasteiger partial charge on any atom is -0.383 e. The molecule has 0 radical (unpaired) electrons. The molecule has 0 bridgehead atoms. The number of rotatable bonds is 7. The molecule has 0 saturated carbocycles. The highest BCUT2D eigenvalue weighted by Crippen LogP contribution is 2.13. The van der Waals surface area contributed by atoms with Crippen LogP contribution in [0, 0.1) is 5.92 Å². The predicted octanol–water partition coefficient (Wildman–Crippen LogP) is 0.883. The zero-order valence-electron chi connectivity index (χ0n) is 12.8. The van der Waals surface area contributed by atoms with Crippen LogP contribution in [0.4, 0.5) is 0 Å². The van der Waals surface area contributed by atoms with Crippen LogP contribution in [0.5, 0.6) is 0 Å². The van der Waals surface area contributed by atoms with Gasteiger partial charge in [-0.15, -0.1) is 0 Å². The highest BCUT2D eigenvalue weighted by Gasteiger charge is 2.24. The zero-order valence-corrected chi connectivity index (χ0v) is 12.8. The molecule has 0 spiro atoms. The number of likely N-dealkylation sites (N-methyl/N-ethyl adjacent to an activating group) is 1. The first-order chi connectivity index (χ1) is 8.54. The molecule has 1 fully saturated rings. The van der Waals surface area contributed by atoms with Gasteiger partial charge in [-0.3, -0.25) is 4.90 Å². The van der Waals surface area contributed by atoms with Crippen LogP contribution in [0.25, 0.3) is 0 Å². The van der Waals surface area contributed by atoms with Crippen LogP contribution in [0.1, 0.15) is 20.8 Å². The minimum absolute atomic E-state index is 0.434. The number of hydrogen-bond acceptors (Lipinski definition) is 4. The number of ether oxygens (including phenoxy) is 1. The molecule has 108 valence electrons. The van der Waals surface area contributed by atoms with Gasteiger partial charge in [-0.1, -0.05) is 13.8 Å². The summed E-state index contributed by atoms with van der Waals surface area (Å²) in [4.78, 5) is 5.05. The van der Waals surface area contributed by atoms with E-state index in [0.717, 1.165) is 13.2 Å². The molecule has 0 aromatic heterocycles. The second-order valence-electron chi connectivity index (χ2n) is 5.92. The molecule has 1 saturated heterocycles. The fourth-order valence-corrected chi connectivity index (χ4v) is 2.57. The molecule has 1 N–H and O–H groups in total. The normalized spacial score (nSPS) is 22.3. The number of nitrogens with zero attached hydrogens (tertiary/aromatic N) is 2. The van der Waals surface area contributed by atoms with E-state index in [2.05, 4.69) is 42.9 Å². The van der Waals surface area contributed by atoms with Crippen molar-refractivity contribution in [1.29, 1.82) is 0 Å². The summed E-state index contributed by atoms with van der Waals surface area (Å²) in [6.07, 6.45) is 0. The van der Waals surface area contributed by atoms with E-state index < -0.39 is 0 Å². The first-order valence-corrected chi connectivity index (χ1v) is 7.19. The third-order valence-corrected chi connectivity index (χ3v) is 3.87. The van der Waals surface area contributed by atoms with E-state index in [9.17, 15) is 0 Å². The topological polar surface area (TPSA) is 27.7 Å². The van der Waals surface area contributed by atoms with Crippen molar-refractivity contribution in [2.24, 2.45) is 5.92 Å². The van der Waals surface area contributed by atoms with E-state index in [1.807, 2.05) is 0 Å². The number of piperazine rings is 1. The van der Waals surface area contributed by atoms with Gasteiger partial charge in [0.2, 0.25) is 0 Å². The first kappa shape index (κ1) is 15.9. The van der Waals surface area contributed by atoms with Crippen molar-refractivity contribution in [1.82, 2.24) is 15.1 Å². The van der Waals surface area contributed by atoms with Crippen LogP contribution >= 0.6 is 0 Å². The van der Waals surface area contributed by atoms with E-state index in [1.165, 1.54) is 26.2 Å². The molecule has 1 aliphatic rings. The van der Waals surface area contributed by atoms with Crippen molar-refractivity contribution in [2.45, 2.75) is 32.9 Å². The van der Waals surface area contributed by atoms with Gasteiger partial charge in [0.05, 0.1) is 6.61 Å². The fourth-order valence-electron chi connectivity index (χ4n) is 2.57. The molecule has 2 atom stereocenters. The lowest BCUT2D eigenvalue weighted by atomic mass is 10.0. The van der Waals surface area contributed by atoms with Gasteiger partial charge in [0.1, 0.15) is 0 Å². The lowest BCUT2D eigenvalue weighted by Gasteiger charge is -2.40. The maximum atomic E-state index is 5.17. The van der Waals surface area contributed by atoms with Gasteiger partial charge in [-0.05, 0) is 19.9 Å². The lowest BCUT2D eigenvalue weighted by molar-refractivity contribution is 0.0829. The fraction of sp³-hybridized carbons (Fsp3) is 1.00. The monoisotopic (exact) mass is 257 g/mol. The Kier molecular flexibility index (Phi) is 7.15. The summed E-state index contributed by atoms with van der Waals surface area (Å²) in [5.41, 5.74) is 0. The molecule has 0 amide bonds. The van der Waals surface area contributed by atoms with Gasteiger partial charge in [0, 0.05) is 51.9 Å². The molecule has 1 aliphatic heterocycles. The molecular formula is C14H31N3O. The van der Waals surface area contributed by atoms with Crippen LogP contribution in [-0.2, 0) is 4.74 Å². The largest absolute Gasteiger partial charge is 0.383 e. The van der Waals surface area contributed by atoms with Gasteiger partial charge in [-0.2, -0.15) is 0 Å². The van der Waals surface area contributed by atoms with Crippen LogP contribution in [0.2, 0.25) is 0 Å². The summed E-state index contributed by atoms with van der Waals surface area (Å²) >= 11 is 0. The van der Waals surface area contributed by atoms with Crippen molar-refractivity contribution < 1.29 is 4.74 Å². The Morgan fingerprint density at radius 3 is 2.22 bits per heavy atom. The van der Waals surface area contributed by atoms with Crippen LogP contribution < -0.4 is 5.32 Å². The molecule has 0 aromatic rings. The first-order valence-electron chi connectivity index (χ1n) is 7.19. The van der Waals surface area contributed by atoms with Gasteiger partial charge in [0.25, 0.3) is 0 Å². The average molecular weight is 257 g/mol. The summed E-state index contributed by atoms with van der Waals surface area (Å²) in [5, 5.41) is 3.59. The molecule has 4 nitrogen and oxygen atoms in total. The Balaban J connectivity index is 2.39. The Bertz CT molecular complexity index is 215. The maximum Gasteiger partial charge on any atom is 0.0613 e. The second kappa shape index (κ2) is 8.10. The van der Waals surface area contributed by atoms with Crippen molar-refractivity contribution in [2.75, 3.05) is 53.5 Å². The number of hydrogen-bond donors (Lipinski definition) is 1. The molecule has 4 heteroatoms. The second-order valence-corrected chi connectivity index (χ2v) is 5.92. The third kappa shape index (κ3) is 5.22. The molecule has 1 heterocycles. The highest BCUT2D eigenvalue weighted by molar-refractivity contribution is 4.82. The van der Waals surface area contributed by atoms with E-state index in [4.69, 9.17) is 4.74 Å². The number of nitrogens with one attached hydrogen (secondary N) is 1. The Morgan fingerprint density at radius 1 is 1.11 bits per heavy atom. The van der Waals surface area contributed by atoms with Crippen molar-refractivity contribution in [3.8, 4) is 0 Å². The van der Waals surface area contributed by atoms with Gasteiger partial charge >= 0.3 is 0 Å². The minimum atomic E-state index is 0.434. The summed E-state index contributed by atoms with van der Waals surface area (Å²) in [6, 6.07) is 1.07. The molecule has 0 aromatic carbocycles. The van der Waals surface area contributed by atoms with Crippen molar-refractivity contribution in [3.05, 3.63) is 0 Å². The summed E-state index contributed by atoms with van der Waals surface area (Å²) in [5.74, 6) is 0.690. The van der Waals surface area contributed by atoms with Gasteiger partial charge in [-0.25, -0.2) is 0 Å². The lowest BCUT2D eigenvalue weighted by Crippen LogP contribution is -2.54. The Labute approximate surface area is 113 Å². The van der Waals surface area contributed by atoms with Gasteiger partial charge < -0.3 is 15.0 Å². The molecule has 18 heavy (non-hydrogen) atoms. The highest BCUT2D eigenvalue weighted by atomic mass is 16.5. The predicted molar refractivity (Wildman–Crippen MR) is 77.0 cm³/mol. The molecule has 0 aliphatic carbocycles. The third-order valence-electron chi connectivity index (χ3n) is 3.87. The van der Waals surface area contributed by atoms with E-state index in [0.29, 0.717) is 18.0 Å². The van der Waals surface area contributed by atoms with Crippen LogP contribution in [0.15, 0.2) is 0 Å². The number of methoxy groups -OCH3 is 1. The van der Waals surface area contributed by atoms with E-state index in [1.54, 1.807) is 7.11 Å². The SMILES string of the molecule is COCC(C)NCC(C(C)C)N1CCN(C)CC1. The standard InChI is InChI=1S/C14H31N3O/c1-12(2)14(10-15-13(3)11-18-5)17-8-6-16(4)7-9-17/h12-15H,6-11H2,1-5H3. The van der Waals surface area contributed by atoms with E-state index >= 15 is 0 Å². The smallest absolute Gasteiger partial charge is 0.0613 e. The quantitative estimate of drug-likeness (QED) is 0.733. The molecule has 1 rings (SSSR count). The Hall–Kier alpha value is -0.160. The van der Waals surface area contributed by atoms with Crippen molar-refractivity contribution in [3.63, 3.8) is 0 Å².